The van der Waals surface area contributed by atoms with E-state index in [0.29, 0.717) is 32.4 Å². The second-order valence-corrected chi connectivity index (χ2v) is 8.42. The van der Waals surface area contributed by atoms with Crippen molar-refractivity contribution in [3.63, 3.8) is 0 Å². The van der Waals surface area contributed by atoms with E-state index in [1.54, 1.807) is 0 Å². The predicted octanol–water partition coefficient (Wildman–Crippen LogP) is 5.01. The zero-order valence-corrected chi connectivity index (χ0v) is 19.1. The van der Waals surface area contributed by atoms with Gasteiger partial charge in [0.05, 0.1) is 11.3 Å². The van der Waals surface area contributed by atoms with Crippen LogP contribution < -0.4 is 0 Å². The minimum absolute atomic E-state index is 0.185. The van der Waals surface area contributed by atoms with E-state index in [9.17, 15) is 9.59 Å². The van der Waals surface area contributed by atoms with Gasteiger partial charge >= 0.3 is 11.9 Å². The molecule has 0 N–H and O–H groups in total. The Balaban J connectivity index is 2.62. The summed E-state index contributed by atoms with van der Waals surface area (Å²) >= 11 is 0. The van der Waals surface area contributed by atoms with Gasteiger partial charge in [0.15, 0.2) is 0 Å². The van der Waals surface area contributed by atoms with E-state index in [0.717, 1.165) is 18.4 Å². The lowest BCUT2D eigenvalue weighted by molar-refractivity contribution is -0.159. The maximum Gasteiger partial charge on any atom is 0.311 e. The normalized spacial score (nSPS) is 15.4. The van der Waals surface area contributed by atoms with E-state index >= 15 is 0 Å². The van der Waals surface area contributed by atoms with Gasteiger partial charge in [-0.05, 0) is 52.3 Å². The summed E-state index contributed by atoms with van der Waals surface area (Å²) in [5.41, 5.74) is 0.445. The van der Waals surface area contributed by atoms with Crippen molar-refractivity contribution in [1.82, 2.24) is 4.90 Å². The van der Waals surface area contributed by atoms with Gasteiger partial charge in [0.25, 0.3) is 0 Å². The molecule has 3 atom stereocenters. The zero-order valence-electron chi connectivity index (χ0n) is 19.1. The Morgan fingerprint density at radius 2 is 1.76 bits per heavy atom. The van der Waals surface area contributed by atoms with Crippen molar-refractivity contribution < 1.29 is 19.1 Å². The highest BCUT2D eigenvalue weighted by Gasteiger charge is 2.34. The summed E-state index contributed by atoms with van der Waals surface area (Å²) in [6.45, 7) is 8.96. The number of esters is 2. The van der Waals surface area contributed by atoms with Crippen molar-refractivity contribution in [2.24, 2.45) is 11.3 Å². The molecule has 0 aromatic heterocycles. The van der Waals surface area contributed by atoms with Gasteiger partial charge in [-0.3, -0.25) is 9.59 Å². The Hall–Kier alpha value is -1.88. The van der Waals surface area contributed by atoms with Crippen LogP contribution in [0, 0.1) is 11.3 Å². The number of benzene rings is 1. The average molecular weight is 406 g/mol. The molecule has 1 aromatic rings. The standard InChI is InChI=1S/C24H39NO4/c1-7-12-21(20-13-10-9-11-14-20)29-22(26)19(3)15-16-24(4,8-2)23(27)28-18-17-25(5)6/h9-11,13-14,19,21H,7-8,12,15-18H2,1-6H3. The third-order valence-corrected chi connectivity index (χ3v) is 5.56. The lowest BCUT2D eigenvalue weighted by Gasteiger charge is -2.27. The first-order chi connectivity index (χ1) is 13.7. The number of carbonyl (C=O) groups is 2. The largest absolute Gasteiger partial charge is 0.464 e. The molecule has 0 saturated heterocycles. The molecule has 0 aliphatic carbocycles. The number of hydrogen-bond donors (Lipinski definition) is 0. The Bertz CT molecular complexity index is 617. The molecule has 0 aliphatic rings. The van der Waals surface area contributed by atoms with E-state index in [1.165, 1.54) is 0 Å². The molecule has 0 saturated carbocycles. The minimum Gasteiger partial charge on any atom is -0.464 e. The second-order valence-electron chi connectivity index (χ2n) is 8.42. The summed E-state index contributed by atoms with van der Waals surface area (Å²) in [7, 11) is 3.89. The van der Waals surface area contributed by atoms with Crippen molar-refractivity contribution in [2.45, 2.75) is 65.9 Å². The fourth-order valence-corrected chi connectivity index (χ4v) is 3.05. The SMILES string of the molecule is CCCC(OC(=O)C(C)CCC(C)(CC)C(=O)OCCN(C)C)c1ccccc1. The van der Waals surface area contributed by atoms with Crippen LogP contribution in [0.15, 0.2) is 30.3 Å². The highest BCUT2D eigenvalue weighted by molar-refractivity contribution is 5.76. The minimum atomic E-state index is -0.580. The molecular formula is C24H39NO4. The first-order valence-electron chi connectivity index (χ1n) is 10.8. The van der Waals surface area contributed by atoms with Crippen molar-refractivity contribution in [1.29, 1.82) is 0 Å². The zero-order chi connectivity index (χ0) is 21.9. The summed E-state index contributed by atoms with van der Waals surface area (Å²) in [5.74, 6) is -0.652. The maximum absolute atomic E-state index is 12.7. The highest BCUT2D eigenvalue weighted by Crippen LogP contribution is 2.32. The van der Waals surface area contributed by atoms with Crippen molar-refractivity contribution >= 4 is 11.9 Å². The maximum atomic E-state index is 12.7. The summed E-state index contributed by atoms with van der Waals surface area (Å²) in [6.07, 6.45) is 3.40. The lowest BCUT2D eigenvalue weighted by Crippen LogP contribution is -2.32. The van der Waals surface area contributed by atoms with E-state index in [-0.39, 0.29) is 24.0 Å². The van der Waals surface area contributed by atoms with E-state index in [4.69, 9.17) is 9.47 Å². The van der Waals surface area contributed by atoms with Gasteiger partial charge in [-0.2, -0.15) is 0 Å². The molecule has 3 unspecified atom stereocenters. The lowest BCUT2D eigenvalue weighted by atomic mass is 9.81. The Morgan fingerprint density at radius 3 is 2.31 bits per heavy atom. The second kappa shape index (κ2) is 12.6. The molecule has 5 heteroatoms. The average Bonchev–Trinajstić information content (AvgIpc) is 2.71. The van der Waals surface area contributed by atoms with Gasteiger partial charge in [-0.1, -0.05) is 57.5 Å². The van der Waals surface area contributed by atoms with Crippen molar-refractivity contribution in [3.05, 3.63) is 35.9 Å². The third kappa shape index (κ3) is 8.57. The molecule has 164 valence electrons. The van der Waals surface area contributed by atoms with Gasteiger partial charge < -0.3 is 14.4 Å². The number of ether oxygens (including phenoxy) is 2. The number of hydrogen-bond acceptors (Lipinski definition) is 5. The third-order valence-electron chi connectivity index (χ3n) is 5.56. The Morgan fingerprint density at radius 1 is 1.10 bits per heavy atom. The van der Waals surface area contributed by atoms with Crippen LogP contribution in [0.5, 0.6) is 0 Å². The Labute approximate surface area is 176 Å². The van der Waals surface area contributed by atoms with Crippen LogP contribution in [0.3, 0.4) is 0 Å². The number of rotatable bonds is 13. The smallest absolute Gasteiger partial charge is 0.311 e. The predicted molar refractivity (Wildman–Crippen MR) is 116 cm³/mol. The monoisotopic (exact) mass is 405 g/mol. The topological polar surface area (TPSA) is 55.8 Å². The van der Waals surface area contributed by atoms with Crippen molar-refractivity contribution in [2.75, 3.05) is 27.2 Å². The summed E-state index contributed by atoms with van der Waals surface area (Å²) in [6, 6.07) is 9.88. The van der Waals surface area contributed by atoms with Crippen LogP contribution >= 0.6 is 0 Å². The molecule has 0 amide bonds. The van der Waals surface area contributed by atoms with Crippen LogP contribution in [0.2, 0.25) is 0 Å². The molecule has 0 spiro atoms. The molecule has 1 aromatic carbocycles. The fourth-order valence-electron chi connectivity index (χ4n) is 3.05. The van der Waals surface area contributed by atoms with Gasteiger partial charge in [-0.25, -0.2) is 0 Å². The van der Waals surface area contributed by atoms with E-state index < -0.39 is 5.41 Å². The van der Waals surface area contributed by atoms with Crippen LogP contribution in [-0.2, 0) is 19.1 Å². The summed E-state index contributed by atoms with van der Waals surface area (Å²) < 4.78 is 11.3. The molecule has 1 rings (SSSR count). The first kappa shape index (κ1) is 25.2. The first-order valence-corrected chi connectivity index (χ1v) is 10.8. The molecule has 0 bridgehead atoms. The van der Waals surface area contributed by atoms with E-state index in [1.807, 2.05) is 70.1 Å². The fraction of sp³-hybridized carbons (Fsp3) is 0.667. The molecular weight excluding hydrogens is 366 g/mol. The highest BCUT2D eigenvalue weighted by atomic mass is 16.5. The molecule has 29 heavy (non-hydrogen) atoms. The van der Waals surface area contributed by atoms with Crippen LogP contribution in [-0.4, -0.2) is 44.1 Å². The number of likely N-dealkylation sites (N-methyl/N-ethyl adjacent to an activating group) is 1. The van der Waals surface area contributed by atoms with Gasteiger partial charge in [0, 0.05) is 6.54 Å². The van der Waals surface area contributed by atoms with Crippen molar-refractivity contribution in [3.8, 4) is 0 Å². The van der Waals surface area contributed by atoms with Gasteiger partial charge in [0.2, 0.25) is 0 Å². The van der Waals surface area contributed by atoms with Crippen LogP contribution in [0.1, 0.15) is 71.5 Å². The molecule has 0 heterocycles. The molecule has 5 nitrogen and oxygen atoms in total. The Kier molecular flexibility index (Phi) is 11.0. The van der Waals surface area contributed by atoms with Gasteiger partial charge in [0.1, 0.15) is 12.7 Å². The van der Waals surface area contributed by atoms with Crippen LogP contribution in [0.4, 0.5) is 0 Å². The molecule has 0 aliphatic heterocycles. The molecule has 0 fully saturated rings. The van der Waals surface area contributed by atoms with Gasteiger partial charge in [-0.15, -0.1) is 0 Å². The number of nitrogens with zero attached hydrogens (tertiary/aromatic N) is 1. The summed E-state index contributed by atoms with van der Waals surface area (Å²) in [4.78, 5) is 27.2. The summed E-state index contributed by atoms with van der Waals surface area (Å²) in [5, 5.41) is 0. The molecule has 0 radical (unpaired) electrons. The van der Waals surface area contributed by atoms with Crippen LogP contribution in [0.25, 0.3) is 0 Å². The number of carbonyl (C=O) groups excluding carboxylic acids is 2. The van der Waals surface area contributed by atoms with E-state index in [2.05, 4.69) is 6.92 Å². The quantitative estimate of drug-likeness (QED) is 0.432.